The minimum atomic E-state index is 0.788. The maximum atomic E-state index is 6.19. The molecular weight excluding hydrogens is 328 g/mol. The second kappa shape index (κ2) is 10.6. The van der Waals surface area contributed by atoms with Crippen molar-refractivity contribution in [3.05, 3.63) is 78.9 Å². The number of hydrogen-bond acceptors (Lipinski definition) is 1. The monoisotopic (exact) mass is 358 g/mol. The van der Waals surface area contributed by atoms with Gasteiger partial charge in [0, 0.05) is 5.56 Å². The van der Waals surface area contributed by atoms with Gasteiger partial charge in [-0.3, -0.25) is 0 Å². The summed E-state index contributed by atoms with van der Waals surface area (Å²) in [7, 11) is 0. The highest BCUT2D eigenvalue weighted by molar-refractivity contribution is 5.85. The van der Waals surface area contributed by atoms with Gasteiger partial charge < -0.3 is 4.74 Å². The van der Waals surface area contributed by atoms with E-state index in [9.17, 15) is 0 Å². The molecule has 0 unspecified atom stereocenters. The molecule has 0 amide bonds. The van der Waals surface area contributed by atoms with Gasteiger partial charge in [-0.05, 0) is 29.2 Å². The summed E-state index contributed by atoms with van der Waals surface area (Å²) in [5, 5.41) is 0. The molecule has 0 fully saturated rings. The smallest absolute Gasteiger partial charge is 0.127 e. The van der Waals surface area contributed by atoms with Gasteiger partial charge in [0.25, 0.3) is 0 Å². The second-order valence-corrected chi connectivity index (χ2v) is 7.02. The van der Waals surface area contributed by atoms with Crippen LogP contribution in [0.5, 0.6) is 5.75 Å². The summed E-state index contributed by atoms with van der Waals surface area (Å²) in [4.78, 5) is 0. The van der Waals surface area contributed by atoms with E-state index >= 15 is 0 Å². The molecule has 0 aromatic heterocycles. The molecule has 0 saturated heterocycles. The fourth-order valence-electron chi connectivity index (χ4n) is 3.47. The molecule has 0 aliphatic rings. The molecule has 1 heteroatoms. The van der Waals surface area contributed by atoms with Gasteiger partial charge in [0.1, 0.15) is 5.75 Å². The topological polar surface area (TPSA) is 9.23 Å². The molecule has 3 aromatic rings. The van der Waals surface area contributed by atoms with E-state index in [4.69, 9.17) is 4.74 Å². The average molecular weight is 359 g/mol. The molecule has 0 atom stereocenters. The Morgan fingerprint density at radius 1 is 0.556 bits per heavy atom. The van der Waals surface area contributed by atoms with Crippen molar-refractivity contribution in [3.8, 4) is 28.0 Å². The summed E-state index contributed by atoms with van der Waals surface area (Å²) in [5.41, 5.74) is 4.87. The van der Waals surface area contributed by atoms with Crippen LogP contribution in [-0.4, -0.2) is 6.61 Å². The summed E-state index contributed by atoms with van der Waals surface area (Å²) >= 11 is 0. The van der Waals surface area contributed by atoms with Crippen molar-refractivity contribution in [1.29, 1.82) is 0 Å². The lowest BCUT2D eigenvalue weighted by Crippen LogP contribution is -1.99. The van der Waals surface area contributed by atoms with Crippen molar-refractivity contribution in [1.82, 2.24) is 0 Å². The third-order valence-electron chi connectivity index (χ3n) is 4.94. The molecule has 0 radical (unpaired) electrons. The summed E-state index contributed by atoms with van der Waals surface area (Å²) < 4.78 is 6.19. The molecule has 0 aliphatic heterocycles. The van der Waals surface area contributed by atoms with Crippen LogP contribution in [0.4, 0.5) is 0 Å². The Morgan fingerprint density at radius 3 is 1.93 bits per heavy atom. The van der Waals surface area contributed by atoms with Gasteiger partial charge in [-0.25, -0.2) is 0 Å². The van der Waals surface area contributed by atoms with Crippen molar-refractivity contribution < 1.29 is 4.74 Å². The predicted octanol–water partition coefficient (Wildman–Crippen LogP) is 7.76. The largest absolute Gasteiger partial charge is 0.493 e. The van der Waals surface area contributed by atoms with Crippen molar-refractivity contribution in [3.63, 3.8) is 0 Å². The maximum Gasteiger partial charge on any atom is 0.127 e. The zero-order valence-corrected chi connectivity index (χ0v) is 16.4. The molecule has 0 spiro atoms. The SMILES string of the molecule is CCCCCCCCOc1ccccc1-c1ccccc1-c1ccccc1. The quantitative estimate of drug-likeness (QED) is 0.336. The third-order valence-corrected chi connectivity index (χ3v) is 4.94. The number of ether oxygens (including phenoxy) is 1. The van der Waals surface area contributed by atoms with Gasteiger partial charge in [0.15, 0.2) is 0 Å². The van der Waals surface area contributed by atoms with Gasteiger partial charge in [-0.15, -0.1) is 0 Å². The van der Waals surface area contributed by atoms with Gasteiger partial charge in [0.05, 0.1) is 6.61 Å². The Hall–Kier alpha value is -2.54. The highest BCUT2D eigenvalue weighted by atomic mass is 16.5. The number of para-hydroxylation sites is 1. The number of unbranched alkanes of at least 4 members (excludes halogenated alkanes) is 5. The Bertz CT molecular complexity index is 807. The second-order valence-electron chi connectivity index (χ2n) is 7.02. The molecule has 3 aromatic carbocycles. The van der Waals surface area contributed by atoms with Gasteiger partial charge >= 0.3 is 0 Å². The average Bonchev–Trinajstić information content (AvgIpc) is 2.74. The van der Waals surface area contributed by atoms with E-state index in [1.54, 1.807) is 0 Å². The van der Waals surface area contributed by atoms with E-state index in [0.717, 1.165) is 18.8 Å². The fourth-order valence-corrected chi connectivity index (χ4v) is 3.47. The Morgan fingerprint density at radius 2 is 1.15 bits per heavy atom. The number of hydrogen-bond donors (Lipinski definition) is 0. The number of benzene rings is 3. The molecule has 0 heterocycles. The molecule has 27 heavy (non-hydrogen) atoms. The Labute approximate surface area is 164 Å². The molecule has 0 N–H and O–H groups in total. The van der Waals surface area contributed by atoms with E-state index in [1.807, 2.05) is 0 Å². The van der Waals surface area contributed by atoms with Gasteiger partial charge in [-0.2, -0.15) is 0 Å². The van der Waals surface area contributed by atoms with Gasteiger partial charge in [0.2, 0.25) is 0 Å². The molecule has 3 rings (SSSR count). The normalized spacial score (nSPS) is 10.7. The molecule has 0 saturated carbocycles. The summed E-state index contributed by atoms with van der Waals surface area (Å²) in [6, 6.07) is 27.6. The standard InChI is InChI=1S/C26H30O/c1-2-3-4-5-6-14-21-27-26-20-13-12-19-25(26)24-18-11-10-17-23(24)22-15-8-7-9-16-22/h7-13,15-20H,2-6,14,21H2,1H3. The lowest BCUT2D eigenvalue weighted by atomic mass is 9.94. The van der Waals surface area contributed by atoms with Crippen LogP contribution < -0.4 is 4.74 Å². The molecule has 0 bridgehead atoms. The van der Waals surface area contributed by atoms with Crippen LogP contribution in [0.25, 0.3) is 22.3 Å². The van der Waals surface area contributed by atoms with Crippen LogP contribution in [0, 0.1) is 0 Å². The highest BCUT2D eigenvalue weighted by Crippen LogP contribution is 2.37. The van der Waals surface area contributed by atoms with Crippen molar-refractivity contribution in [2.75, 3.05) is 6.61 Å². The summed E-state index contributed by atoms with van der Waals surface area (Å²) in [6.45, 7) is 3.05. The minimum Gasteiger partial charge on any atom is -0.493 e. The van der Waals surface area contributed by atoms with E-state index < -0.39 is 0 Å². The fraction of sp³-hybridized carbons (Fsp3) is 0.308. The lowest BCUT2D eigenvalue weighted by Gasteiger charge is -2.15. The first kappa shape index (κ1) is 19.2. The maximum absolute atomic E-state index is 6.19. The Balaban J connectivity index is 1.73. The van der Waals surface area contributed by atoms with Crippen molar-refractivity contribution in [2.24, 2.45) is 0 Å². The third kappa shape index (κ3) is 5.47. The van der Waals surface area contributed by atoms with Crippen LogP contribution in [0.15, 0.2) is 78.9 Å². The zero-order valence-electron chi connectivity index (χ0n) is 16.4. The first-order valence-electron chi connectivity index (χ1n) is 10.3. The van der Waals surface area contributed by atoms with E-state index in [-0.39, 0.29) is 0 Å². The zero-order chi connectivity index (χ0) is 18.7. The molecule has 0 aliphatic carbocycles. The van der Waals surface area contributed by atoms with Crippen LogP contribution >= 0.6 is 0 Å². The van der Waals surface area contributed by atoms with Crippen LogP contribution in [0.3, 0.4) is 0 Å². The van der Waals surface area contributed by atoms with Crippen LogP contribution in [0.1, 0.15) is 45.4 Å². The molecular formula is C26H30O. The summed E-state index contributed by atoms with van der Waals surface area (Å²) in [6.07, 6.45) is 7.68. The molecule has 1 nitrogen and oxygen atoms in total. The van der Waals surface area contributed by atoms with E-state index in [0.29, 0.717) is 0 Å². The Kier molecular flexibility index (Phi) is 7.53. The molecule has 140 valence electrons. The first-order chi connectivity index (χ1) is 13.4. The lowest BCUT2D eigenvalue weighted by molar-refractivity contribution is 0.305. The van der Waals surface area contributed by atoms with Crippen molar-refractivity contribution in [2.45, 2.75) is 45.4 Å². The predicted molar refractivity (Wildman–Crippen MR) is 116 cm³/mol. The minimum absolute atomic E-state index is 0.788. The van der Waals surface area contributed by atoms with Gasteiger partial charge in [-0.1, -0.05) is 112 Å². The van der Waals surface area contributed by atoms with Crippen molar-refractivity contribution >= 4 is 0 Å². The van der Waals surface area contributed by atoms with E-state index in [2.05, 4.69) is 85.8 Å². The number of rotatable bonds is 10. The first-order valence-corrected chi connectivity index (χ1v) is 10.3. The van der Waals surface area contributed by atoms with E-state index in [1.165, 1.54) is 54.4 Å². The highest BCUT2D eigenvalue weighted by Gasteiger charge is 2.11. The van der Waals surface area contributed by atoms with Crippen LogP contribution in [0.2, 0.25) is 0 Å². The summed E-state index contributed by atoms with van der Waals surface area (Å²) in [5.74, 6) is 0.981. The van der Waals surface area contributed by atoms with Crippen LogP contribution in [-0.2, 0) is 0 Å².